The lowest BCUT2D eigenvalue weighted by atomic mass is 10.1. The van der Waals surface area contributed by atoms with Gasteiger partial charge in [0.2, 0.25) is 5.91 Å². The number of benzene rings is 1. The Hall–Kier alpha value is -3.37. The molecule has 3 aromatic rings. The standard InChI is InChI=1S/C18H15N5O2/c1-22-15-9-12(5-7-16(15)25-11-14(19)18(22)24)4-6-13-10-20-17-3-2-8-21-23(13)17/h2-3,5,7-10,14H,11,19H2,1H3/t14-/m0/s1. The SMILES string of the molecule is CN1C(=O)[C@@H](N)COc2ccc(C#Cc3cnc4cccnn34)cc21. The van der Waals surface area contributed by atoms with Crippen molar-refractivity contribution in [3.8, 4) is 17.6 Å². The number of carbonyl (C=O) groups is 1. The van der Waals surface area contributed by atoms with Gasteiger partial charge in [-0.3, -0.25) is 4.79 Å². The maximum Gasteiger partial charge on any atom is 0.247 e. The largest absolute Gasteiger partial charge is 0.489 e. The zero-order valence-electron chi connectivity index (χ0n) is 13.5. The number of aromatic nitrogens is 3. The first-order valence-corrected chi connectivity index (χ1v) is 7.74. The summed E-state index contributed by atoms with van der Waals surface area (Å²) < 4.78 is 7.28. The van der Waals surface area contributed by atoms with Crippen LogP contribution >= 0.6 is 0 Å². The Bertz CT molecular complexity index is 1030. The van der Waals surface area contributed by atoms with Crippen LogP contribution in [0.5, 0.6) is 5.75 Å². The van der Waals surface area contributed by atoms with Gasteiger partial charge in [-0.1, -0.05) is 5.92 Å². The average molecular weight is 333 g/mol. The van der Waals surface area contributed by atoms with Crippen LogP contribution < -0.4 is 15.4 Å². The maximum atomic E-state index is 12.2. The lowest BCUT2D eigenvalue weighted by molar-refractivity contribution is -0.119. The molecular formula is C18H15N5O2. The number of rotatable bonds is 0. The van der Waals surface area contributed by atoms with Crippen molar-refractivity contribution >= 4 is 17.2 Å². The molecule has 1 aromatic carbocycles. The summed E-state index contributed by atoms with van der Waals surface area (Å²) in [4.78, 5) is 17.9. The summed E-state index contributed by atoms with van der Waals surface area (Å²) >= 11 is 0. The predicted molar refractivity (Wildman–Crippen MR) is 92.3 cm³/mol. The molecule has 25 heavy (non-hydrogen) atoms. The number of amides is 1. The van der Waals surface area contributed by atoms with E-state index in [9.17, 15) is 4.79 Å². The van der Waals surface area contributed by atoms with Crippen LogP contribution in [0.25, 0.3) is 5.65 Å². The van der Waals surface area contributed by atoms with Crippen LogP contribution in [0.4, 0.5) is 5.69 Å². The van der Waals surface area contributed by atoms with E-state index in [4.69, 9.17) is 10.5 Å². The van der Waals surface area contributed by atoms with E-state index in [1.807, 2.05) is 24.3 Å². The van der Waals surface area contributed by atoms with E-state index < -0.39 is 6.04 Å². The van der Waals surface area contributed by atoms with Crippen molar-refractivity contribution in [1.29, 1.82) is 0 Å². The van der Waals surface area contributed by atoms with E-state index >= 15 is 0 Å². The van der Waals surface area contributed by atoms with E-state index in [0.717, 1.165) is 11.2 Å². The smallest absolute Gasteiger partial charge is 0.247 e. The second-order valence-corrected chi connectivity index (χ2v) is 5.68. The summed E-state index contributed by atoms with van der Waals surface area (Å²) in [6, 6.07) is 8.47. The number of nitrogens with two attached hydrogens (primary N) is 1. The van der Waals surface area contributed by atoms with Gasteiger partial charge in [-0.05, 0) is 36.3 Å². The number of anilines is 1. The van der Waals surface area contributed by atoms with Crippen molar-refractivity contribution in [3.05, 3.63) is 54.0 Å². The highest BCUT2D eigenvalue weighted by Gasteiger charge is 2.26. The van der Waals surface area contributed by atoms with Gasteiger partial charge >= 0.3 is 0 Å². The van der Waals surface area contributed by atoms with Gasteiger partial charge in [0, 0.05) is 18.8 Å². The Morgan fingerprint density at radius 1 is 1.32 bits per heavy atom. The van der Waals surface area contributed by atoms with Crippen LogP contribution in [0.2, 0.25) is 0 Å². The van der Waals surface area contributed by atoms with Crippen LogP contribution in [0.1, 0.15) is 11.3 Å². The Labute approximate surface area is 144 Å². The molecule has 1 aliphatic heterocycles. The predicted octanol–water partition coefficient (Wildman–Crippen LogP) is 0.812. The van der Waals surface area contributed by atoms with Crippen molar-refractivity contribution in [1.82, 2.24) is 14.6 Å². The van der Waals surface area contributed by atoms with Crippen LogP contribution in [0, 0.1) is 11.8 Å². The van der Waals surface area contributed by atoms with Gasteiger partial charge in [-0.25, -0.2) is 9.50 Å². The highest BCUT2D eigenvalue weighted by molar-refractivity contribution is 5.98. The number of ether oxygens (including phenoxy) is 1. The van der Waals surface area contributed by atoms with Gasteiger partial charge in [0.1, 0.15) is 24.1 Å². The third-order valence-corrected chi connectivity index (χ3v) is 4.00. The summed E-state index contributed by atoms with van der Waals surface area (Å²) in [5, 5.41) is 4.23. The Balaban J connectivity index is 1.71. The molecular weight excluding hydrogens is 318 g/mol. The maximum absolute atomic E-state index is 12.2. The zero-order valence-corrected chi connectivity index (χ0v) is 13.5. The summed E-state index contributed by atoms with van der Waals surface area (Å²) in [5.41, 5.74) is 8.63. The summed E-state index contributed by atoms with van der Waals surface area (Å²) in [7, 11) is 1.68. The average Bonchev–Trinajstić information content (AvgIpc) is 3.02. The molecule has 0 saturated heterocycles. The minimum atomic E-state index is -0.670. The highest BCUT2D eigenvalue weighted by Crippen LogP contribution is 2.31. The first kappa shape index (κ1) is 15.2. The first-order valence-electron chi connectivity index (χ1n) is 7.74. The second kappa shape index (κ2) is 5.92. The second-order valence-electron chi connectivity index (χ2n) is 5.68. The lowest BCUT2D eigenvalue weighted by Crippen LogP contribution is -2.43. The first-order chi connectivity index (χ1) is 12.1. The van der Waals surface area contributed by atoms with Crippen molar-refractivity contribution in [2.75, 3.05) is 18.6 Å². The Morgan fingerprint density at radius 2 is 2.20 bits per heavy atom. The van der Waals surface area contributed by atoms with Gasteiger partial charge in [-0.15, -0.1) is 0 Å². The molecule has 0 spiro atoms. The highest BCUT2D eigenvalue weighted by atomic mass is 16.5. The molecule has 1 amide bonds. The Morgan fingerprint density at radius 3 is 3.08 bits per heavy atom. The number of hydrogen-bond donors (Lipinski definition) is 1. The van der Waals surface area contributed by atoms with Crippen LogP contribution in [-0.2, 0) is 4.79 Å². The minimum Gasteiger partial charge on any atom is -0.489 e. The molecule has 0 radical (unpaired) electrons. The van der Waals surface area contributed by atoms with Gasteiger partial charge in [-0.2, -0.15) is 5.10 Å². The number of fused-ring (bicyclic) bond motifs is 2. The fourth-order valence-electron chi connectivity index (χ4n) is 2.65. The van der Waals surface area contributed by atoms with Gasteiger partial charge in [0.15, 0.2) is 5.65 Å². The topological polar surface area (TPSA) is 85.8 Å². The van der Waals surface area contributed by atoms with Crippen molar-refractivity contribution < 1.29 is 9.53 Å². The van der Waals surface area contributed by atoms with Gasteiger partial charge in [0.25, 0.3) is 0 Å². The van der Waals surface area contributed by atoms with E-state index in [0.29, 0.717) is 17.1 Å². The molecule has 7 nitrogen and oxygen atoms in total. The molecule has 2 aromatic heterocycles. The molecule has 0 unspecified atom stereocenters. The summed E-state index contributed by atoms with van der Waals surface area (Å²) in [5.74, 6) is 6.57. The molecule has 0 aliphatic carbocycles. The fraction of sp³-hybridized carbons (Fsp3) is 0.167. The summed E-state index contributed by atoms with van der Waals surface area (Å²) in [6.07, 6.45) is 3.36. The third-order valence-electron chi connectivity index (χ3n) is 4.00. The molecule has 2 N–H and O–H groups in total. The number of imidazole rings is 1. The van der Waals surface area contributed by atoms with E-state index in [2.05, 4.69) is 21.9 Å². The van der Waals surface area contributed by atoms with Gasteiger partial charge < -0.3 is 15.4 Å². The van der Waals surface area contributed by atoms with E-state index in [-0.39, 0.29) is 12.5 Å². The summed E-state index contributed by atoms with van der Waals surface area (Å²) in [6.45, 7) is 0.161. The van der Waals surface area contributed by atoms with E-state index in [1.165, 1.54) is 4.90 Å². The molecule has 7 heteroatoms. The normalized spacial score (nSPS) is 16.6. The molecule has 124 valence electrons. The number of carbonyl (C=O) groups excluding carboxylic acids is 1. The monoisotopic (exact) mass is 333 g/mol. The van der Waals surface area contributed by atoms with Crippen molar-refractivity contribution in [2.45, 2.75) is 6.04 Å². The fourth-order valence-corrected chi connectivity index (χ4v) is 2.65. The molecule has 3 heterocycles. The van der Waals surface area contributed by atoms with Crippen LogP contribution in [0.15, 0.2) is 42.7 Å². The van der Waals surface area contributed by atoms with Crippen molar-refractivity contribution in [3.63, 3.8) is 0 Å². The quantitative estimate of drug-likeness (QED) is 0.615. The van der Waals surface area contributed by atoms with Crippen LogP contribution in [0.3, 0.4) is 0 Å². The van der Waals surface area contributed by atoms with E-state index in [1.54, 1.807) is 30.0 Å². The Kier molecular flexibility index (Phi) is 3.60. The van der Waals surface area contributed by atoms with Crippen molar-refractivity contribution in [2.24, 2.45) is 5.73 Å². The molecule has 0 fully saturated rings. The molecule has 0 saturated carbocycles. The molecule has 1 atom stereocenters. The van der Waals surface area contributed by atoms with Gasteiger partial charge in [0.05, 0.1) is 11.9 Å². The lowest BCUT2D eigenvalue weighted by Gasteiger charge is -2.17. The minimum absolute atomic E-state index is 0.161. The van der Waals surface area contributed by atoms with Crippen LogP contribution in [-0.4, -0.2) is 40.2 Å². The molecule has 1 aliphatic rings. The third kappa shape index (κ3) is 2.69. The number of hydrogen-bond acceptors (Lipinski definition) is 5. The zero-order chi connectivity index (χ0) is 17.4. The molecule has 4 rings (SSSR count). The number of nitrogens with zero attached hydrogens (tertiary/aromatic N) is 4. The molecule has 0 bridgehead atoms. The number of likely N-dealkylation sites (N-methyl/N-ethyl adjacent to an activating group) is 1.